The van der Waals surface area contributed by atoms with E-state index in [-0.39, 0.29) is 0 Å². The third kappa shape index (κ3) is 3.47. The molecule has 0 radical (unpaired) electrons. The highest BCUT2D eigenvalue weighted by molar-refractivity contribution is 9.10. The first-order valence-corrected chi connectivity index (χ1v) is 7.61. The molecule has 0 saturated carbocycles. The van der Waals surface area contributed by atoms with Gasteiger partial charge >= 0.3 is 0 Å². The summed E-state index contributed by atoms with van der Waals surface area (Å²) in [7, 11) is 3.27. The number of nitrogens with zero attached hydrogens (tertiary/aromatic N) is 1. The van der Waals surface area contributed by atoms with Crippen molar-refractivity contribution >= 4 is 21.6 Å². The molecule has 0 bridgehead atoms. The highest BCUT2D eigenvalue weighted by Crippen LogP contribution is 2.41. The maximum Gasteiger partial charge on any atom is 0.146 e. The molecular weight excluding hydrogens is 332 g/mol. The van der Waals surface area contributed by atoms with E-state index in [4.69, 9.17) is 9.47 Å². The van der Waals surface area contributed by atoms with E-state index < -0.39 is 0 Å². The van der Waals surface area contributed by atoms with Crippen LogP contribution >= 0.6 is 15.9 Å². The summed E-state index contributed by atoms with van der Waals surface area (Å²) in [4.78, 5) is 4.44. The quantitative estimate of drug-likeness (QED) is 0.840. The Labute approximate surface area is 133 Å². The number of aromatic nitrogens is 1. The molecule has 0 aliphatic heterocycles. The summed E-state index contributed by atoms with van der Waals surface area (Å²) < 4.78 is 11.6. The molecule has 0 fully saturated rings. The van der Waals surface area contributed by atoms with Crippen molar-refractivity contribution in [3.05, 3.63) is 34.9 Å². The number of hydrogen-bond acceptors (Lipinski definition) is 4. The normalized spacial score (nSPS) is 10.3. The number of hydrogen-bond donors (Lipinski definition) is 1. The number of pyridine rings is 1. The fourth-order valence-electron chi connectivity index (χ4n) is 2.05. The number of anilines is 1. The van der Waals surface area contributed by atoms with E-state index in [0.717, 1.165) is 45.9 Å². The van der Waals surface area contributed by atoms with Crippen LogP contribution in [0.2, 0.25) is 0 Å². The molecule has 5 heteroatoms. The van der Waals surface area contributed by atoms with Crippen LogP contribution in [0.5, 0.6) is 11.5 Å². The Kier molecular flexibility index (Phi) is 5.44. The summed E-state index contributed by atoms with van der Waals surface area (Å²) in [5, 5.41) is 3.36. The lowest BCUT2D eigenvalue weighted by Crippen LogP contribution is -2.00. The van der Waals surface area contributed by atoms with E-state index in [1.54, 1.807) is 20.4 Å². The van der Waals surface area contributed by atoms with Crippen LogP contribution in [0.15, 0.2) is 34.9 Å². The van der Waals surface area contributed by atoms with Gasteiger partial charge in [0, 0.05) is 24.0 Å². The molecule has 0 spiro atoms. The highest BCUT2D eigenvalue weighted by atomic mass is 79.9. The van der Waals surface area contributed by atoms with E-state index in [2.05, 4.69) is 33.2 Å². The first-order chi connectivity index (χ1) is 10.2. The van der Waals surface area contributed by atoms with Gasteiger partial charge in [0.2, 0.25) is 0 Å². The van der Waals surface area contributed by atoms with Crippen molar-refractivity contribution in [1.29, 1.82) is 0 Å². The first-order valence-electron chi connectivity index (χ1n) is 6.82. The smallest absolute Gasteiger partial charge is 0.146 e. The summed E-state index contributed by atoms with van der Waals surface area (Å²) in [6.45, 7) is 3.08. The monoisotopic (exact) mass is 350 g/mol. The summed E-state index contributed by atoms with van der Waals surface area (Å²) in [5.74, 6) is 1.45. The Hall–Kier alpha value is -1.75. The van der Waals surface area contributed by atoms with Gasteiger partial charge in [-0.1, -0.05) is 6.92 Å². The lowest BCUT2D eigenvalue weighted by atomic mass is 10.1. The molecule has 0 aliphatic rings. The lowest BCUT2D eigenvalue weighted by molar-refractivity contribution is 0.390. The van der Waals surface area contributed by atoms with Crippen molar-refractivity contribution in [2.24, 2.45) is 0 Å². The third-order valence-corrected chi connectivity index (χ3v) is 3.85. The minimum Gasteiger partial charge on any atom is -0.495 e. The molecular formula is C16H19BrN2O2. The van der Waals surface area contributed by atoms with Crippen LogP contribution in [-0.2, 0) is 0 Å². The number of halogens is 1. The second-order valence-corrected chi connectivity index (χ2v) is 5.31. The minimum atomic E-state index is 0.717. The van der Waals surface area contributed by atoms with Gasteiger partial charge in [-0.05, 0) is 46.6 Å². The van der Waals surface area contributed by atoms with Gasteiger partial charge in [0.15, 0.2) is 0 Å². The average Bonchev–Trinajstić information content (AvgIpc) is 2.52. The molecule has 112 valence electrons. The molecule has 21 heavy (non-hydrogen) atoms. The number of rotatable bonds is 6. The first kappa shape index (κ1) is 15.6. The predicted octanol–water partition coefficient (Wildman–Crippen LogP) is 4.35. The van der Waals surface area contributed by atoms with Crippen molar-refractivity contribution in [1.82, 2.24) is 4.98 Å². The zero-order chi connectivity index (χ0) is 15.2. The largest absolute Gasteiger partial charge is 0.495 e. The van der Waals surface area contributed by atoms with Crippen LogP contribution in [0.4, 0.5) is 5.69 Å². The highest BCUT2D eigenvalue weighted by Gasteiger charge is 2.15. The van der Waals surface area contributed by atoms with Crippen LogP contribution in [0, 0.1) is 0 Å². The fraction of sp³-hybridized carbons (Fsp3) is 0.312. The van der Waals surface area contributed by atoms with E-state index in [1.165, 1.54) is 0 Å². The van der Waals surface area contributed by atoms with E-state index in [0.29, 0.717) is 0 Å². The van der Waals surface area contributed by atoms with E-state index in [1.807, 2.05) is 24.3 Å². The molecule has 0 amide bonds. The Morgan fingerprint density at radius 1 is 1.19 bits per heavy atom. The van der Waals surface area contributed by atoms with Crippen molar-refractivity contribution in [2.75, 3.05) is 26.1 Å². The van der Waals surface area contributed by atoms with Crippen molar-refractivity contribution < 1.29 is 9.47 Å². The Balaban J connectivity index is 2.44. The average molecular weight is 351 g/mol. The second kappa shape index (κ2) is 7.31. The molecule has 2 rings (SSSR count). The zero-order valence-electron chi connectivity index (χ0n) is 12.4. The molecule has 2 aromatic rings. The van der Waals surface area contributed by atoms with E-state index in [9.17, 15) is 0 Å². The Morgan fingerprint density at radius 3 is 2.67 bits per heavy atom. The molecule has 4 nitrogen and oxygen atoms in total. The number of ether oxygens (including phenoxy) is 2. The second-order valence-electron chi connectivity index (χ2n) is 4.52. The summed E-state index contributed by atoms with van der Waals surface area (Å²) in [6.07, 6.45) is 2.87. The van der Waals surface area contributed by atoms with Crippen LogP contribution in [0.3, 0.4) is 0 Å². The Bertz CT molecular complexity index is 617. The van der Waals surface area contributed by atoms with Gasteiger partial charge < -0.3 is 14.8 Å². The summed E-state index contributed by atoms with van der Waals surface area (Å²) in [6, 6.07) is 7.83. The minimum absolute atomic E-state index is 0.717. The van der Waals surface area contributed by atoms with Crippen molar-refractivity contribution in [3.8, 4) is 22.8 Å². The standard InChI is InChI=1S/C16H19BrN2O2/c1-4-8-18-11-7-9-19-13(10-11)12-5-6-14(20-2)15(17)16(12)21-3/h5-7,9-10H,4,8H2,1-3H3,(H,18,19). The molecule has 0 aliphatic carbocycles. The molecule has 1 heterocycles. The lowest BCUT2D eigenvalue weighted by Gasteiger charge is -2.14. The van der Waals surface area contributed by atoms with Crippen molar-refractivity contribution in [3.63, 3.8) is 0 Å². The van der Waals surface area contributed by atoms with Crippen LogP contribution in [-0.4, -0.2) is 25.7 Å². The summed E-state index contributed by atoms with van der Waals surface area (Å²) in [5.41, 5.74) is 2.83. The maximum absolute atomic E-state index is 5.51. The number of methoxy groups -OCH3 is 2. The van der Waals surface area contributed by atoms with E-state index >= 15 is 0 Å². The van der Waals surface area contributed by atoms with Crippen molar-refractivity contribution in [2.45, 2.75) is 13.3 Å². The number of nitrogens with one attached hydrogen (secondary N) is 1. The molecule has 0 saturated heterocycles. The van der Waals surface area contributed by atoms with Gasteiger partial charge in [0.1, 0.15) is 16.0 Å². The fourth-order valence-corrected chi connectivity index (χ4v) is 2.72. The molecule has 1 aromatic heterocycles. The van der Waals surface area contributed by atoms with Gasteiger partial charge in [0.05, 0.1) is 19.9 Å². The Morgan fingerprint density at radius 2 is 2.00 bits per heavy atom. The van der Waals surface area contributed by atoms with Gasteiger partial charge in [-0.2, -0.15) is 0 Å². The summed E-state index contributed by atoms with van der Waals surface area (Å²) >= 11 is 3.52. The van der Waals surface area contributed by atoms with Gasteiger partial charge in [0.25, 0.3) is 0 Å². The van der Waals surface area contributed by atoms with Crippen LogP contribution in [0.1, 0.15) is 13.3 Å². The third-order valence-electron chi connectivity index (χ3n) is 3.10. The SMILES string of the molecule is CCCNc1ccnc(-c2ccc(OC)c(Br)c2OC)c1. The van der Waals surface area contributed by atoms with Gasteiger partial charge in [-0.15, -0.1) is 0 Å². The van der Waals surface area contributed by atoms with Crippen LogP contribution in [0.25, 0.3) is 11.3 Å². The molecule has 0 unspecified atom stereocenters. The zero-order valence-corrected chi connectivity index (χ0v) is 14.0. The predicted molar refractivity (Wildman–Crippen MR) is 89.3 cm³/mol. The maximum atomic E-state index is 5.51. The number of benzene rings is 1. The van der Waals surface area contributed by atoms with Gasteiger partial charge in [-0.25, -0.2) is 0 Å². The molecule has 0 atom stereocenters. The van der Waals surface area contributed by atoms with Gasteiger partial charge in [-0.3, -0.25) is 4.98 Å². The molecule has 1 N–H and O–H groups in total. The molecule has 1 aromatic carbocycles. The van der Waals surface area contributed by atoms with Crippen LogP contribution < -0.4 is 14.8 Å². The topological polar surface area (TPSA) is 43.4 Å².